The molecule has 1 aliphatic carbocycles. The standard InChI is InChI=1S/C22H41N3/c1-4-19(2)15-21(7-8-21)16-24-11-5-20(6-12-24)25-17-22(18-25)9-13-23(3)14-10-22/h19-20H,4-18H2,1-3H3. The van der Waals surface area contributed by atoms with Crippen molar-refractivity contribution in [3.05, 3.63) is 0 Å². The van der Waals surface area contributed by atoms with E-state index in [-0.39, 0.29) is 0 Å². The highest BCUT2D eigenvalue weighted by Crippen LogP contribution is 2.52. The molecule has 3 aliphatic heterocycles. The third kappa shape index (κ3) is 4.09. The molecule has 0 aromatic heterocycles. The van der Waals surface area contributed by atoms with Gasteiger partial charge in [0.25, 0.3) is 0 Å². The van der Waals surface area contributed by atoms with Crippen molar-refractivity contribution in [3.63, 3.8) is 0 Å². The summed E-state index contributed by atoms with van der Waals surface area (Å²) in [4.78, 5) is 8.17. The molecule has 4 aliphatic rings. The number of hydrogen-bond acceptors (Lipinski definition) is 3. The molecule has 0 aromatic rings. The molecule has 4 rings (SSSR count). The number of hydrogen-bond donors (Lipinski definition) is 0. The van der Waals surface area contributed by atoms with Gasteiger partial charge in [0.05, 0.1) is 0 Å². The Morgan fingerprint density at radius 3 is 2.16 bits per heavy atom. The highest BCUT2D eigenvalue weighted by molar-refractivity contribution is 5.02. The van der Waals surface area contributed by atoms with E-state index in [1.807, 2.05) is 0 Å². The van der Waals surface area contributed by atoms with Gasteiger partial charge in [0.1, 0.15) is 0 Å². The lowest BCUT2D eigenvalue weighted by Crippen LogP contribution is -2.64. The van der Waals surface area contributed by atoms with Gasteiger partial charge in [-0.2, -0.15) is 0 Å². The van der Waals surface area contributed by atoms with E-state index in [0.717, 1.165) is 17.4 Å². The first-order valence-corrected chi connectivity index (χ1v) is 11.2. The summed E-state index contributed by atoms with van der Waals surface area (Å²) in [5, 5.41) is 0. The maximum absolute atomic E-state index is 2.84. The summed E-state index contributed by atoms with van der Waals surface area (Å²) in [6.07, 6.45) is 11.6. The van der Waals surface area contributed by atoms with Crippen LogP contribution in [-0.4, -0.2) is 73.6 Å². The maximum atomic E-state index is 2.84. The van der Waals surface area contributed by atoms with Crippen LogP contribution in [0.2, 0.25) is 0 Å². The van der Waals surface area contributed by atoms with Crippen LogP contribution in [0.5, 0.6) is 0 Å². The zero-order valence-corrected chi connectivity index (χ0v) is 17.1. The van der Waals surface area contributed by atoms with Crippen LogP contribution in [0.25, 0.3) is 0 Å². The fourth-order valence-corrected chi connectivity index (χ4v) is 5.89. The predicted molar refractivity (Wildman–Crippen MR) is 106 cm³/mol. The molecule has 3 heteroatoms. The Hall–Kier alpha value is -0.120. The van der Waals surface area contributed by atoms with Crippen molar-refractivity contribution in [2.45, 2.75) is 71.3 Å². The van der Waals surface area contributed by atoms with Gasteiger partial charge in [-0.05, 0) is 94.9 Å². The summed E-state index contributed by atoms with van der Waals surface area (Å²) in [6.45, 7) is 14.4. The molecule has 144 valence electrons. The third-order valence-electron chi connectivity index (χ3n) is 8.19. The Morgan fingerprint density at radius 2 is 1.60 bits per heavy atom. The van der Waals surface area contributed by atoms with Gasteiger partial charge in [-0.1, -0.05) is 20.3 Å². The van der Waals surface area contributed by atoms with Crippen LogP contribution in [0, 0.1) is 16.7 Å². The van der Waals surface area contributed by atoms with E-state index in [9.17, 15) is 0 Å². The first-order valence-electron chi connectivity index (χ1n) is 11.2. The molecule has 1 unspecified atom stereocenters. The fourth-order valence-electron chi connectivity index (χ4n) is 5.89. The van der Waals surface area contributed by atoms with Crippen molar-refractivity contribution < 1.29 is 0 Å². The third-order valence-corrected chi connectivity index (χ3v) is 8.19. The van der Waals surface area contributed by atoms with Gasteiger partial charge in [-0.25, -0.2) is 0 Å². The largest absolute Gasteiger partial charge is 0.306 e. The maximum Gasteiger partial charge on any atom is 0.0120 e. The van der Waals surface area contributed by atoms with Crippen LogP contribution in [0.3, 0.4) is 0 Å². The van der Waals surface area contributed by atoms with Crippen molar-refractivity contribution in [2.75, 3.05) is 52.9 Å². The van der Waals surface area contributed by atoms with E-state index in [1.165, 1.54) is 97.2 Å². The Kier molecular flexibility index (Phi) is 5.20. The number of likely N-dealkylation sites (tertiary alicyclic amines) is 3. The zero-order valence-electron chi connectivity index (χ0n) is 17.1. The van der Waals surface area contributed by atoms with Gasteiger partial charge in [-0.3, -0.25) is 4.90 Å². The van der Waals surface area contributed by atoms with E-state index in [0.29, 0.717) is 5.41 Å². The monoisotopic (exact) mass is 347 g/mol. The molecule has 0 N–H and O–H groups in total. The van der Waals surface area contributed by atoms with Gasteiger partial charge in [0, 0.05) is 25.7 Å². The predicted octanol–water partition coefficient (Wildman–Crippen LogP) is 3.69. The highest BCUT2D eigenvalue weighted by atomic mass is 15.3. The summed E-state index contributed by atoms with van der Waals surface area (Å²) in [6, 6.07) is 0.895. The molecule has 0 aromatic carbocycles. The Bertz CT molecular complexity index is 434. The summed E-state index contributed by atoms with van der Waals surface area (Å²) >= 11 is 0. The second-order valence-corrected chi connectivity index (χ2v) is 10.4. The van der Waals surface area contributed by atoms with Gasteiger partial charge < -0.3 is 9.80 Å². The molecule has 0 amide bonds. The van der Waals surface area contributed by atoms with Gasteiger partial charge in [-0.15, -0.1) is 0 Å². The Balaban J connectivity index is 1.18. The van der Waals surface area contributed by atoms with Crippen LogP contribution in [-0.2, 0) is 0 Å². The van der Waals surface area contributed by atoms with Crippen molar-refractivity contribution >= 4 is 0 Å². The van der Waals surface area contributed by atoms with E-state index >= 15 is 0 Å². The molecular formula is C22H41N3. The number of piperidine rings is 2. The molecule has 3 saturated heterocycles. The van der Waals surface area contributed by atoms with Crippen LogP contribution in [0.15, 0.2) is 0 Å². The summed E-state index contributed by atoms with van der Waals surface area (Å²) in [7, 11) is 2.28. The van der Waals surface area contributed by atoms with Gasteiger partial charge in [0.15, 0.2) is 0 Å². The van der Waals surface area contributed by atoms with Crippen LogP contribution in [0.4, 0.5) is 0 Å². The fraction of sp³-hybridized carbons (Fsp3) is 1.00. The Labute approximate surface area is 156 Å². The molecule has 3 heterocycles. The second kappa shape index (κ2) is 7.13. The number of nitrogens with zero attached hydrogens (tertiary/aromatic N) is 3. The lowest BCUT2D eigenvalue weighted by atomic mass is 9.71. The van der Waals surface area contributed by atoms with Gasteiger partial charge >= 0.3 is 0 Å². The minimum Gasteiger partial charge on any atom is -0.306 e. The zero-order chi connectivity index (χ0) is 17.5. The average molecular weight is 348 g/mol. The molecule has 1 saturated carbocycles. The van der Waals surface area contributed by atoms with E-state index in [2.05, 4.69) is 35.6 Å². The van der Waals surface area contributed by atoms with Crippen LogP contribution < -0.4 is 0 Å². The minimum absolute atomic E-state index is 0.706. The molecule has 1 atom stereocenters. The lowest BCUT2D eigenvalue weighted by Gasteiger charge is -2.57. The van der Waals surface area contributed by atoms with Crippen LogP contribution in [0.1, 0.15) is 65.2 Å². The summed E-state index contributed by atoms with van der Waals surface area (Å²) < 4.78 is 0. The van der Waals surface area contributed by atoms with Crippen molar-refractivity contribution in [1.82, 2.24) is 14.7 Å². The van der Waals surface area contributed by atoms with E-state index in [1.54, 1.807) is 0 Å². The summed E-state index contributed by atoms with van der Waals surface area (Å²) in [5.41, 5.74) is 1.43. The minimum atomic E-state index is 0.706. The SMILES string of the molecule is CCC(C)CC1(CN2CCC(N3CC4(CCN(C)CC4)C3)CC2)CC1. The molecule has 0 radical (unpaired) electrons. The first kappa shape index (κ1) is 18.3. The molecule has 25 heavy (non-hydrogen) atoms. The lowest BCUT2D eigenvalue weighted by molar-refractivity contribution is -0.0781. The Morgan fingerprint density at radius 1 is 0.960 bits per heavy atom. The second-order valence-electron chi connectivity index (χ2n) is 10.4. The summed E-state index contributed by atoms with van der Waals surface area (Å²) in [5.74, 6) is 0.923. The smallest absolute Gasteiger partial charge is 0.0120 e. The normalized spacial score (nSPS) is 31.8. The van der Waals surface area contributed by atoms with Crippen molar-refractivity contribution in [3.8, 4) is 0 Å². The van der Waals surface area contributed by atoms with Gasteiger partial charge in [0.2, 0.25) is 0 Å². The average Bonchev–Trinajstić information content (AvgIpc) is 3.33. The quantitative estimate of drug-likeness (QED) is 0.725. The molecule has 4 fully saturated rings. The molecule has 1 spiro atoms. The number of rotatable bonds is 6. The molecule has 3 nitrogen and oxygen atoms in total. The topological polar surface area (TPSA) is 9.72 Å². The molecule has 0 bridgehead atoms. The highest BCUT2D eigenvalue weighted by Gasteiger charge is 2.48. The van der Waals surface area contributed by atoms with Crippen molar-refractivity contribution in [2.24, 2.45) is 16.7 Å². The first-order chi connectivity index (χ1) is 12.0. The van der Waals surface area contributed by atoms with Crippen LogP contribution >= 0.6 is 0 Å². The molecular weight excluding hydrogens is 306 g/mol. The van der Waals surface area contributed by atoms with E-state index in [4.69, 9.17) is 0 Å². The van der Waals surface area contributed by atoms with E-state index < -0.39 is 0 Å². The van der Waals surface area contributed by atoms with Crippen molar-refractivity contribution in [1.29, 1.82) is 0 Å².